The Kier molecular flexibility index (Phi) is 10.2. The summed E-state index contributed by atoms with van der Waals surface area (Å²) in [5.41, 5.74) is -0.0596. The number of aryl methyl sites for hydroxylation is 1. The van der Waals surface area contributed by atoms with Crippen molar-refractivity contribution in [1.82, 2.24) is 14.9 Å². The van der Waals surface area contributed by atoms with Gasteiger partial charge in [-0.1, -0.05) is 19.9 Å². The number of likely N-dealkylation sites (tertiary alicyclic amines) is 1. The third-order valence-corrected chi connectivity index (χ3v) is 6.87. The van der Waals surface area contributed by atoms with Crippen LogP contribution in [0.25, 0.3) is 0 Å². The maximum absolute atomic E-state index is 15.6. The number of nitrogens with one attached hydrogen (secondary N) is 1. The van der Waals surface area contributed by atoms with Gasteiger partial charge in [-0.2, -0.15) is 17.6 Å². The highest BCUT2D eigenvalue weighted by atomic mass is 19.4. The Morgan fingerprint density at radius 1 is 1.12 bits per heavy atom. The number of piperidine rings is 1. The fourth-order valence-corrected chi connectivity index (χ4v) is 4.57. The Bertz CT molecular complexity index is 1150. The average Bonchev–Trinajstić information content (AvgIpc) is 3.73. The topological polar surface area (TPSA) is 70.6 Å². The van der Waals surface area contributed by atoms with E-state index in [1.165, 1.54) is 12.4 Å². The van der Waals surface area contributed by atoms with Crippen LogP contribution in [0.2, 0.25) is 0 Å². The zero-order valence-electron chi connectivity index (χ0n) is 24.2. The zero-order chi connectivity index (χ0) is 29.7. The Labute approximate surface area is 235 Å². The van der Waals surface area contributed by atoms with Gasteiger partial charge in [-0.3, -0.25) is 0 Å². The molecule has 2 heterocycles. The first-order valence-electron chi connectivity index (χ1n) is 14.0. The lowest BCUT2D eigenvalue weighted by molar-refractivity contribution is -0.137. The standard InChI is InChI=1S/C27H35F4N5O2.C2H6.H2/c1-17-13-20(27(29,30)31)6-5-19(17)15-36(21-7-8-21)24-22(28)23(33-16-34-24)32-14-18-9-11-35(12-10-18)25(37)38-26(2,3)4;1-2;/h5-6,13,16,18,21H,7-12,14-15H2,1-4H3,(H,32,33,34);1-2H3;1H. The van der Waals surface area contributed by atoms with E-state index in [-0.39, 0.29) is 37.7 Å². The van der Waals surface area contributed by atoms with Crippen LogP contribution in [-0.4, -0.2) is 52.2 Å². The van der Waals surface area contributed by atoms with Crippen molar-refractivity contribution in [2.45, 2.75) is 91.6 Å². The first-order chi connectivity index (χ1) is 18.8. The molecule has 40 heavy (non-hydrogen) atoms. The van der Waals surface area contributed by atoms with E-state index in [4.69, 9.17) is 4.74 Å². The smallest absolute Gasteiger partial charge is 0.416 e. The Hall–Kier alpha value is -3.11. The maximum atomic E-state index is 15.6. The van der Waals surface area contributed by atoms with Crippen LogP contribution in [0.15, 0.2) is 24.5 Å². The molecule has 0 radical (unpaired) electrons. The Morgan fingerprint density at radius 2 is 1.77 bits per heavy atom. The molecule has 2 aliphatic rings. The molecule has 0 unspecified atom stereocenters. The van der Waals surface area contributed by atoms with Gasteiger partial charge in [0.15, 0.2) is 11.6 Å². The van der Waals surface area contributed by atoms with Crippen molar-refractivity contribution < 1.29 is 28.5 Å². The minimum Gasteiger partial charge on any atom is -0.444 e. The molecule has 1 aromatic heterocycles. The van der Waals surface area contributed by atoms with Gasteiger partial charge in [0, 0.05) is 33.6 Å². The van der Waals surface area contributed by atoms with Gasteiger partial charge in [0.25, 0.3) is 0 Å². The number of carbonyl (C=O) groups excluding carboxylic acids is 1. The van der Waals surface area contributed by atoms with Crippen LogP contribution in [0.5, 0.6) is 0 Å². The number of ether oxygens (including phenoxy) is 1. The van der Waals surface area contributed by atoms with Crippen LogP contribution in [0, 0.1) is 18.7 Å². The van der Waals surface area contributed by atoms with Crippen LogP contribution in [0.3, 0.4) is 0 Å². The third-order valence-electron chi connectivity index (χ3n) is 6.87. The van der Waals surface area contributed by atoms with E-state index in [1.54, 1.807) is 11.8 Å². The second-order valence-corrected chi connectivity index (χ2v) is 11.1. The normalized spacial score (nSPS) is 16.2. The lowest BCUT2D eigenvalue weighted by Gasteiger charge is -2.33. The van der Waals surface area contributed by atoms with E-state index in [9.17, 15) is 18.0 Å². The first-order valence-corrected chi connectivity index (χ1v) is 14.0. The van der Waals surface area contributed by atoms with Gasteiger partial charge in [0.2, 0.25) is 5.82 Å². The monoisotopic (exact) mass is 569 g/mol. The van der Waals surface area contributed by atoms with Gasteiger partial charge in [-0.05, 0) is 82.6 Å². The van der Waals surface area contributed by atoms with Gasteiger partial charge in [0.05, 0.1) is 5.56 Å². The molecule has 2 fully saturated rings. The van der Waals surface area contributed by atoms with Gasteiger partial charge >= 0.3 is 12.3 Å². The minimum atomic E-state index is -4.41. The lowest BCUT2D eigenvalue weighted by Crippen LogP contribution is -2.42. The van der Waals surface area contributed by atoms with E-state index >= 15 is 4.39 Å². The molecule has 2 aromatic rings. The van der Waals surface area contributed by atoms with Crippen LogP contribution < -0.4 is 10.2 Å². The van der Waals surface area contributed by atoms with Crippen molar-refractivity contribution in [3.05, 3.63) is 47.0 Å². The van der Waals surface area contributed by atoms with Crippen LogP contribution in [0.1, 0.15) is 78.4 Å². The van der Waals surface area contributed by atoms with Gasteiger partial charge < -0.3 is 19.9 Å². The fourth-order valence-electron chi connectivity index (χ4n) is 4.57. The number of nitrogens with zero attached hydrogens (tertiary/aromatic N) is 4. The lowest BCUT2D eigenvalue weighted by atomic mass is 9.97. The molecule has 1 N–H and O–H groups in total. The molecule has 0 bridgehead atoms. The van der Waals surface area contributed by atoms with E-state index < -0.39 is 23.2 Å². The molecular formula is C29H43F4N5O2. The summed E-state index contributed by atoms with van der Waals surface area (Å²) < 4.78 is 60.2. The minimum absolute atomic E-state index is 0. The van der Waals surface area contributed by atoms with E-state index in [0.717, 1.165) is 37.8 Å². The van der Waals surface area contributed by atoms with Gasteiger partial charge in [0.1, 0.15) is 11.9 Å². The number of rotatable bonds is 7. The molecule has 1 saturated carbocycles. The van der Waals surface area contributed by atoms with Crippen molar-refractivity contribution in [1.29, 1.82) is 0 Å². The average molecular weight is 570 g/mol. The molecule has 224 valence electrons. The third kappa shape index (κ3) is 8.44. The molecule has 7 nitrogen and oxygen atoms in total. The number of alkyl halides is 3. The second kappa shape index (κ2) is 13.0. The van der Waals surface area contributed by atoms with Crippen LogP contribution in [-0.2, 0) is 17.5 Å². The summed E-state index contributed by atoms with van der Waals surface area (Å²) >= 11 is 0. The molecule has 11 heteroatoms. The van der Waals surface area contributed by atoms with Gasteiger partial charge in [-0.25, -0.2) is 14.8 Å². The summed E-state index contributed by atoms with van der Waals surface area (Å²) in [7, 11) is 0. The molecule has 1 saturated heterocycles. The number of anilines is 2. The maximum Gasteiger partial charge on any atom is 0.416 e. The van der Waals surface area contributed by atoms with E-state index in [2.05, 4.69) is 15.3 Å². The fraction of sp³-hybridized carbons (Fsp3) is 0.621. The molecule has 0 atom stereocenters. The first kappa shape index (κ1) is 31.4. The summed E-state index contributed by atoms with van der Waals surface area (Å²) in [6.45, 7) is 13.0. The number of benzene rings is 1. The molecule has 1 aromatic carbocycles. The second-order valence-electron chi connectivity index (χ2n) is 11.1. The molecule has 1 aliphatic carbocycles. The van der Waals surface area contributed by atoms with Crippen molar-refractivity contribution in [2.75, 3.05) is 29.9 Å². The number of aromatic nitrogens is 2. The van der Waals surface area contributed by atoms with E-state index in [1.807, 2.05) is 39.5 Å². The molecular weight excluding hydrogens is 526 g/mol. The quantitative estimate of drug-likeness (QED) is 0.350. The summed E-state index contributed by atoms with van der Waals surface area (Å²) in [5.74, 6) is -0.0978. The predicted molar refractivity (Wildman–Crippen MR) is 150 cm³/mol. The highest BCUT2D eigenvalue weighted by Gasteiger charge is 2.34. The number of halogens is 4. The number of carbonyl (C=O) groups is 1. The molecule has 1 aliphatic heterocycles. The Balaban J connectivity index is 0.00000192. The predicted octanol–water partition coefficient (Wildman–Crippen LogP) is 7.44. The Morgan fingerprint density at radius 3 is 2.33 bits per heavy atom. The van der Waals surface area contributed by atoms with Crippen molar-refractivity contribution >= 4 is 17.7 Å². The summed E-state index contributed by atoms with van der Waals surface area (Å²) in [4.78, 5) is 24.1. The highest BCUT2D eigenvalue weighted by molar-refractivity contribution is 5.68. The summed E-state index contributed by atoms with van der Waals surface area (Å²) in [5, 5.41) is 3.11. The molecule has 1 amide bonds. The SMILES string of the molecule is CC.Cc1cc(C(F)(F)F)ccc1CN(c1ncnc(NCC2CCN(C(=O)OC(C)(C)C)CC2)c1F)C1CC1.[HH]. The number of hydrogen-bond donors (Lipinski definition) is 1. The van der Waals surface area contributed by atoms with Crippen molar-refractivity contribution in [3.63, 3.8) is 0 Å². The number of amides is 1. The van der Waals surface area contributed by atoms with Crippen LogP contribution >= 0.6 is 0 Å². The molecule has 0 spiro atoms. The largest absolute Gasteiger partial charge is 0.444 e. The van der Waals surface area contributed by atoms with Crippen molar-refractivity contribution in [2.24, 2.45) is 5.92 Å². The zero-order valence-corrected chi connectivity index (χ0v) is 24.2. The summed E-state index contributed by atoms with van der Waals surface area (Å²) in [6, 6.07) is 3.71. The van der Waals surface area contributed by atoms with E-state index in [0.29, 0.717) is 30.8 Å². The summed E-state index contributed by atoms with van der Waals surface area (Å²) in [6.07, 6.45) is -0.185. The van der Waals surface area contributed by atoms with Crippen LogP contribution in [0.4, 0.5) is 34.0 Å². The van der Waals surface area contributed by atoms with Gasteiger partial charge in [-0.15, -0.1) is 0 Å². The highest BCUT2D eigenvalue weighted by Crippen LogP contribution is 2.36. The number of hydrogen-bond acceptors (Lipinski definition) is 6. The van der Waals surface area contributed by atoms with Crippen molar-refractivity contribution in [3.8, 4) is 0 Å². The molecule has 4 rings (SSSR count).